The van der Waals surface area contributed by atoms with Crippen molar-refractivity contribution < 1.29 is 14.0 Å². The number of hydrogen-bond acceptors (Lipinski definition) is 5. The lowest BCUT2D eigenvalue weighted by Gasteiger charge is -2.22. The Morgan fingerprint density at radius 3 is 2.79 bits per heavy atom. The summed E-state index contributed by atoms with van der Waals surface area (Å²) in [5, 5.41) is 2.73. The molecule has 0 saturated heterocycles. The molecule has 1 aromatic heterocycles. The third-order valence-corrected chi connectivity index (χ3v) is 7.69. The van der Waals surface area contributed by atoms with Gasteiger partial charge in [-0.2, -0.15) is 0 Å². The fraction of sp³-hybridized carbons (Fsp3) is 0.160. The van der Waals surface area contributed by atoms with Gasteiger partial charge in [-0.15, -0.1) is 11.3 Å². The molecule has 4 aromatic rings. The Morgan fingerprint density at radius 2 is 1.94 bits per heavy atom. The Bertz CT molecular complexity index is 1370. The Kier molecular flexibility index (Phi) is 5.86. The summed E-state index contributed by atoms with van der Waals surface area (Å²) >= 11 is 2.88. The lowest BCUT2D eigenvalue weighted by Crippen LogP contribution is -2.36. The van der Waals surface area contributed by atoms with E-state index in [2.05, 4.69) is 23.3 Å². The molecule has 5 nitrogen and oxygen atoms in total. The van der Waals surface area contributed by atoms with Crippen molar-refractivity contribution in [2.45, 2.75) is 23.7 Å². The van der Waals surface area contributed by atoms with E-state index in [4.69, 9.17) is 0 Å². The number of rotatable bonds is 5. The van der Waals surface area contributed by atoms with Crippen molar-refractivity contribution in [2.75, 3.05) is 16.0 Å². The molecule has 0 unspecified atom stereocenters. The molecule has 3 aromatic carbocycles. The van der Waals surface area contributed by atoms with Crippen LogP contribution in [-0.4, -0.2) is 28.6 Å². The summed E-state index contributed by atoms with van der Waals surface area (Å²) < 4.78 is 15.5. The number of nitrogens with zero attached hydrogens (tertiary/aromatic N) is 2. The van der Waals surface area contributed by atoms with Crippen LogP contribution in [0, 0.1) is 5.82 Å². The molecule has 0 bridgehead atoms. The molecule has 0 spiro atoms. The van der Waals surface area contributed by atoms with Crippen LogP contribution in [0.25, 0.3) is 10.2 Å². The lowest BCUT2D eigenvalue weighted by molar-refractivity contribution is -0.116. The molecular formula is C25H20FN3O2S2. The number of thiazole rings is 1. The molecule has 0 saturated carbocycles. The highest BCUT2D eigenvalue weighted by Gasteiger charge is 2.30. The van der Waals surface area contributed by atoms with E-state index in [1.54, 1.807) is 18.2 Å². The SMILES string of the molecule is C[C@H]1Cc2ccccc2N1C(=O)CSc1nc2ccc(NC(=O)c3ccccc3F)cc2s1. The maximum Gasteiger partial charge on any atom is 0.258 e. The van der Waals surface area contributed by atoms with E-state index in [1.807, 2.05) is 35.2 Å². The third kappa shape index (κ3) is 4.36. The minimum Gasteiger partial charge on any atom is -0.322 e. The van der Waals surface area contributed by atoms with Crippen LogP contribution in [0.4, 0.5) is 15.8 Å². The van der Waals surface area contributed by atoms with Gasteiger partial charge in [0.1, 0.15) is 5.82 Å². The number of thioether (sulfide) groups is 1. The largest absolute Gasteiger partial charge is 0.322 e. The van der Waals surface area contributed by atoms with Crippen LogP contribution in [0.2, 0.25) is 0 Å². The number of para-hydroxylation sites is 1. The molecule has 1 atom stereocenters. The van der Waals surface area contributed by atoms with Crippen LogP contribution >= 0.6 is 23.1 Å². The van der Waals surface area contributed by atoms with Gasteiger partial charge in [0.15, 0.2) is 4.34 Å². The number of benzene rings is 3. The van der Waals surface area contributed by atoms with Crippen molar-refractivity contribution in [1.29, 1.82) is 0 Å². The molecule has 2 heterocycles. The van der Waals surface area contributed by atoms with E-state index >= 15 is 0 Å². The van der Waals surface area contributed by atoms with Crippen LogP contribution < -0.4 is 10.2 Å². The highest BCUT2D eigenvalue weighted by Crippen LogP contribution is 2.35. The number of fused-ring (bicyclic) bond motifs is 2. The molecule has 0 aliphatic carbocycles. The van der Waals surface area contributed by atoms with Gasteiger partial charge in [0.2, 0.25) is 5.91 Å². The van der Waals surface area contributed by atoms with Crippen LogP contribution in [0.5, 0.6) is 0 Å². The normalized spacial score (nSPS) is 15.0. The van der Waals surface area contributed by atoms with Gasteiger partial charge in [0.05, 0.1) is 21.5 Å². The van der Waals surface area contributed by atoms with Gasteiger partial charge in [0.25, 0.3) is 5.91 Å². The molecule has 5 rings (SSSR count). The fourth-order valence-corrected chi connectivity index (χ4v) is 5.99. The van der Waals surface area contributed by atoms with Crippen LogP contribution in [-0.2, 0) is 11.2 Å². The second-order valence-electron chi connectivity index (χ2n) is 7.83. The maximum atomic E-state index is 13.9. The lowest BCUT2D eigenvalue weighted by atomic mass is 10.1. The monoisotopic (exact) mass is 477 g/mol. The molecule has 1 N–H and O–H groups in total. The van der Waals surface area contributed by atoms with Crippen molar-refractivity contribution in [3.05, 3.63) is 83.7 Å². The average molecular weight is 478 g/mol. The number of aromatic nitrogens is 1. The zero-order valence-corrected chi connectivity index (χ0v) is 19.4. The number of amides is 2. The van der Waals surface area contributed by atoms with Gasteiger partial charge in [-0.05, 0) is 55.3 Å². The number of carbonyl (C=O) groups excluding carboxylic acids is 2. The van der Waals surface area contributed by atoms with Crippen molar-refractivity contribution >= 4 is 56.5 Å². The highest BCUT2D eigenvalue weighted by molar-refractivity contribution is 8.01. The number of carbonyl (C=O) groups is 2. The smallest absolute Gasteiger partial charge is 0.258 e. The molecule has 8 heteroatoms. The fourth-order valence-electron chi connectivity index (χ4n) is 4.03. The molecule has 0 fully saturated rings. The minimum atomic E-state index is -0.563. The van der Waals surface area contributed by atoms with Crippen LogP contribution in [0.1, 0.15) is 22.8 Å². The Labute approximate surface area is 198 Å². The van der Waals surface area contributed by atoms with Gasteiger partial charge in [-0.1, -0.05) is 42.1 Å². The average Bonchev–Trinajstić information content (AvgIpc) is 3.37. The van der Waals surface area contributed by atoms with Crippen LogP contribution in [0.15, 0.2) is 71.1 Å². The van der Waals surface area contributed by atoms with Gasteiger partial charge in [-0.25, -0.2) is 9.37 Å². The quantitative estimate of drug-likeness (QED) is 0.372. The first-order valence-electron chi connectivity index (χ1n) is 10.5. The maximum absolute atomic E-state index is 13.9. The Balaban J connectivity index is 1.27. The van der Waals surface area contributed by atoms with E-state index in [0.717, 1.165) is 26.7 Å². The van der Waals surface area contributed by atoms with Crippen molar-refractivity contribution in [3.8, 4) is 0 Å². The standard InChI is InChI=1S/C25H20FN3O2S2/c1-15-12-16-6-2-5-9-21(16)29(15)23(30)14-32-25-28-20-11-10-17(13-22(20)33-25)27-24(31)18-7-3-4-8-19(18)26/h2-11,13,15H,12,14H2,1H3,(H,27,31)/t15-/m0/s1. The number of nitrogens with one attached hydrogen (secondary N) is 1. The second-order valence-corrected chi connectivity index (χ2v) is 10.1. The van der Waals surface area contributed by atoms with Crippen molar-refractivity contribution in [1.82, 2.24) is 4.98 Å². The summed E-state index contributed by atoms with van der Waals surface area (Å²) in [4.78, 5) is 31.8. The summed E-state index contributed by atoms with van der Waals surface area (Å²) in [7, 11) is 0. The minimum absolute atomic E-state index is 0.00521. The zero-order chi connectivity index (χ0) is 22.9. The number of hydrogen-bond donors (Lipinski definition) is 1. The van der Waals surface area contributed by atoms with Gasteiger partial charge in [0, 0.05) is 17.4 Å². The summed E-state index contributed by atoms with van der Waals surface area (Å²) in [5.74, 6) is -0.700. The van der Waals surface area contributed by atoms with Crippen molar-refractivity contribution in [2.24, 2.45) is 0 Å². The van der Waals surface area contributed by atoms with Gasteiger partial charge in [-0.3, -0.25) is 9.59 Å². The first kappa shape index (κ1) is 21.6. The Hall–Kier alpha value is -3.23. The van der Waals surface area contributed by atoms with E-state index in [-0.39, 0.29) is 17.5 Å². The highest BCUT2D eigenvalue weighted by atomic mass is 32.2. The molecule has 166 valence electrons. The summed E-state index contributed by atoms with van der Waals surface area (Å²) in [6.45, 7) is 2.07. The third-order valence-electron chi connectivity index (χ3n) is 5.54. The van der Waals surface area contributed by atoms with E-state index in [1.165, 1.54) is 40.8 Å². The molecule has 1 aliphatic heterocycles. The molecular weight excluding hydrogens is 457 g/mol. The Morgan fingerprint density at radius 1 is 1.15 bits per heavy atom. The van der Waals surface area contributed by atoms with E-state index in [9.17, 15) is 14.0 Å². The number of anilines is 2. The van der Waals surface area contributed by atoms with E-state index < -0.39 is 11.7 Å². The number of halogens is 1. The van der Waals surface area contributed by atoms with Crippen LogP contribution in [0.3, 0.4) is 0 Å². The van der Waals surface area contributed by atoms with Gasteiger partial charge >= 0.3 is 0 Å². The van der Waals surface area contributed by atoms with Gasteiger partial charge < -0.3 is 10.2 Å². The predicted molar refractivity (Wildman–Crippen MR) is 132 cm³/mol. The first-order chi connectivity index (χ1) is 16.0. The van der Waals surface area contributed by atoms with E-state index in [0.29, 0.717) is 11.4 Å². The molecule has 2 amide bonds. The summed E-state index contributed by atoms with van der Waals surface area (Å²) in [6.07, 6.45) is 0.870. The molecule has 33 heavy (non-hydrogen) atoms. The first-order valence-corrected chi connectivity index (χ1v) is 12.3. The summed E-state index contributed by atoms with van der Waals surface area (Å²) in [6, 6.07) is 19.4. The molecule has 1 aliphatic rings. The molecule has 0 radical (unpaired) electrons. The predicted octanol–water partition coefficient (Wildman–Crippen LogP) is 5.76. The summed E-state index contributed by atoms with van der Waals surface area (Å²) in [5.41, 5.74) is 3.55. The topological polar surface area (TPSA) is 62.3 Å². The second kappa shape index (κ2) is 8.96. The zero-order valence-electron chi connectivity index (χ0n) is 17.7. The van der Waals surface area contributed by atoms with Crippen molar-refractivity contribution in [3.63, 3.8) is 0 Å².